The highest BCUT2D eigenvalue weighted by molar-refractivity contribution is 7.07. The van der Waals surface area contributed by atoms with Gasteiger partial charge in [-0.3, -0.25) is 4.90 Å². The Hall–Kier alpha value is -2.25. The van der Waals surface area contributed by atoms with E-state index in [1.807, 2.05) is 0 Å². The molecular formula is C19H25N3O3S. The molecule has 1 aliphatic heterocycles. The number of rotatable bonds is 7. The van der Waals surface area contributed by atoms with Gasteiger partial charge in [-0.05, 0) is 48.3 Å². The summed E-state index contributed by atoms with van der Waals surface area (Å²) in [6.07, 6.45) is 2.44. The van der Waals surface area contributed by atoms with Gasteiger partial charge < -0.3 is 20.1 Å². The fourth-order valence-electron chi connectivity index (χ4n) is 3.22. The summed E-state index contributed by atoms with van der Waals surface area (Å²) in [5, 5.41) is 10.1. The smallest absolute Gasteiger partial charge is 0.319 e. The molecule has 0 saturated carbocycles. The predicted molar refractivity (Wildman–Crippen MR) is 104 cm³/mol. The van der Waals surface area contributed by atoms with E-state index < -0.39 is 0 Å². The van der Waals surface area contributed by atoms with Crippen LogP contribution in [0.5, 0.6) is 11.5 Å². The van der Waals surface area contributed by atoms with Crippen molar-refractivity contribution < 1.29 is 14.3 Å². The van der Waals surface area contributed by atoms with Gasteiger partial charge in [-0.25, -0.2) is 4.79 Å². The van der Waals surface area contributed by atoms with Crippen molar-refractivity contribution in [1.82, 2.24) is 10.2 Å². The van der Waals surface area contributed by atoms with Crippen LogP contribution in [0.3, 0.4) is 0 Å². The van der Waals surface area contributed by atoms with Crippen LogP contribution in [0.15, 0.2) is 35.0 Å². The Balaban J connectivity index is 1.62. The highest BCUT2D eigenvalue weighted by Gasteiger charge is 2.24. The largest absolute Gasteiger partial charge is 0.497 e. The van der Waals surface area contributed by atoms with Crippen molar-refractivity contribution in [3.8, 4) is 11.5 Å². The number of methoxy groups -OCH3 is 2. The minimum absolute atomic E-state index is 0.217. The number of carbonyl (C=O) groups is 1. The van der Waals surface area contributed by atoms with Crippen LogP contribution < -0.4 is 20.1 Å². The molecule has 1 aliphatic rings. The van der Waals surface area contributed by atoms with Gasteiger partial charge in [-0.1, -0.05) is 0 Å². The topological polar surface area (TPSA) is 62.8 Å². The number of hydrogen-bond acceptors (Lipinski definition) is 5. The Labute approximate surface area is 158 Å². The van der Waals surface area contributed by atoms with Crippen LogP contribution in [0, 0.1) is 0 Å². The van der Waals surface area contributed by atoms with E-state index in [1.54, 1.807) is 43.8 Å². The number of anilines is 1. The molecule has 1 fully saturated rings. The number of hydrogen-bond donors (Lipinski definition) is 2. The first kappa shape index (κ1) is 18.5. The zero-order valence-corrected chi connectivity index (χ0v) is 16.0. The lowest BCUT2D eigenvalue weighted by Crippen LogP contribution is -2.38. The molecule has 26 heavy (non-hydrogen) atoms. The van der Waals surface area contributed by atoms with E-state index in [4.69, 9.17) is 9.47 Å². The molecule has 0 radical (unpaired) electrons. The quantitative estimate of drug-likeness (QED) is 0.774. The third-order valence-electron chi connectivity index (χ3n) is 4.57. The molecule has 0 bridgehead atoms. The molecular weight excluding hydrogens is 350 g/mol. The van der Waals surface area contributed by atoms with Crippen LogP contribution in [0.25, 0.3) is 0 Å². The summed E-state index contributed by atoms with van der Waals surface area (Å²) in [7, 11) is 3.17. The van der Waals surface area contributed by atoms with Gasteiger partial charge >= 0.3 is 6.03 Å². The molecule has 1 unspecified atom stereocenters. The Morgan fingerprint density at radius 3 is 2.46 bits per heavy atom. The van der Waals surface area contributed by atoms with Gasteiger partial charge in [0.15, 0.2) is 0 Å². The minimum Gasteiger partial charge on any atom is -0.497 e. The van der Waals surface area contributed by atoms with Gasteiger partial charge in [0.25, 0.3) is 0 Å². The average molecular weight is 375 g/mol. The van der Waals surface area contributed by atoms with Crippen molar-refractivity contribution in [2.75, 3.05) is 39.2 Å². The van der Waals surface area contributed by atoms with Crippen LogP contribution in [0.1, 0.15) is 24.4 Å². The Morgan fingerprint density at radius 1 is 1.19 bits per heavy atom. The third kappa shape index (κ3) is 4.68. The lowest BCUT2D eigenvalue weighted by Gasteiger charge is -2.27. The monoisotopic (exact) mass is 375 g/mol. The van der Waals surface area contributed by atoms with E-state index in [0.717, 1.165) is 13.1 Å². The van der Waals surface area contributed by atoms with E-state index in [1.165, 1.54) is 18.4 Å². The maximum absolute atomic E-state index is 12.4. The number of benzene rings is 1. The summed E-state index contributed by atoms with van der Waals surface area (Å²) in [6, 6.07) is 7.41. The van der Waals surface area contributed by atoms with Crippen molar-refractivity contribution in [3.05, 3.63) is 40.6 Å². The molecule has 0 spiro atoms. The first-order valence-electron chi connectivity index (χ1n) is 8.73. The van der Waals surface area contributed by atoms with E-state index >= 15 is 0 Å². The van der Waals surface area contributed by atoms with E-state index in [9.17, 15) is 4.79 Å². The maximum Gasteiger partial charge on any atom is 0.319 e. The molecule has 1 atom stereocenters. The van der Waals surface area contributed by atoms with Crippen LogP contribution >= 0.6 is 11.3 Å². The summed E-state index contributed by atoms with van der Waals surface area (Å²) < 4.78 is 10.5. The summed E-state index contributed by atoms with van der Waals surface area (Å²) in [6.45, 7) is 2.73. The maximum atomic E-state index is 12.4. The number of carbonyl (C=O) groups excluding carboxylic acids is 1. The molecule has 0 aliphatic carbocycles. The van der Waals surface area contributed by atoms with Crippen LogP contribution in [0.4, 0.5) is 10.5 Å². The van der Waals surface area contributed by atoms with Crippen molar-refractivity contribution in [3.63, 3.8) is 0 Å². The molecule has 6 nitrogen and oxygen atoms in total. The predicted octanol–water partition coefficient (Wildman–Crippen LogP) is 3.72. The number of amides is 2. The van der Waals surface area contributed by atoms with Gasteiger partial charge in [-0.15, -0.1) is 0 Å². The minimum atomic E-state index is -0.236. The molecule has 140 valence electrons. The molecule has 2 heterocycles. The zero-order valence-electron chi connectivity index (χ0n) is 15.2. The van der Waals surface area contributed by atoms with Gasteiger partial charge in [-0.2, -0.15) is 11.3 Å². The number of thiophene rings is 1. The molecule has 1 saturated heterocycles. The van der Waals surface area contributed by atoms with Gasteiger partial charge in [0.05, 0.1) is 20.3 Å². The first-order chi connectivity index (χ1) is 12.7. The summed E-state index contributed by atoms with van der Waals surface area (Å²) in [5.41, 5.74) is 1.90. The Kier molecular flexibility index (Phi) is 6.35. The number of ether oxygens (including phenoxy) is 2. The second kappa shape index (κ2) is 8.91. The van der Waals surface area contributed by atoms with E-state index in [0.29, 0.717) is 23.7 Å². The SMILES string of the molecule is COc1cc(NC(=O)NCC(c2ccsc2)N2CCCC2)cc(OC)c1. The standard InChI is InChI=1S/C19H25N3O3S/c1-24-16-9-15(10-17(11-16)25-2)21-19(23)20-12-18(14-5-8-26-13-14)22-6-3-4-7-22/h5,8-11,13,18H,3-4,6-7,12H2,1-2H3,(H2,20,21,23). The summed E-state index contributed by atoms with van der Waals surface area (Å²) in [5.74, 6) is 1.26. The molecule has 7 heteroatoms. The molecule has 3 rings (SSSR count). The van der Waals surface area contributed by atoms with E-state index in [2.05, 4.69) is 32.4 Å². The van der Waals surface area contributed by atoms with Crippen LogP contribution in [-0.4, -0.2) is 44.8 Å². The lowest BCUT2D eigenvalue weighted by molar-refractivity contribution is 0.228. The van der Waals surface area contributed by atoms with Crippen LogP contribution in [-0.2, 0) is 0 Å². The molecule has 1 aromatic carbocycles. The van der Waals surface area contributed by atoms with Crippen molar-refractivity contribution in [2.24, 2.45) is 0 Å². The van der Waals surface area contributed by atoms with Crippen molar-refractivity contribution >= 4 is 23.1 Å². The Morgan fingerprint density at radius 2 is 1.88 bits per heavy atom. The normalized spacial score (nSPS) is 15.5. The van der Waals surface area contributed by atoms with Crippen LogP contribution in [0.2, 0.25) is 0 Å². The number of likely N-dealkylation sites (tertiary alicyclic amines) is 1. The average Bonchev–Trinajstić information content (AvgIpc) is 3.36. The molecule has 2 amide bonds. The highest BCUT2D eigenvalue weighted by Crippen LogP contribution is 2.27. The number of nitrogens with zero attached hydrogens (tertiary/aromatic N) is 1. The van der Waals surface area contributed by atoms with Gasteiger partial charge in [0.1, 0.15) is 11.5 Å². The van der Waals surface area contributed by atoms with Gasteiger partial charge in [0, 0.05) is 30.4 Å². The molecule has 2 aromatic rings. The second-order valence-corrected chi connectivity index (χ2v) is 7.03. The summed E-state index contributed by atoms with van der Waals surface area (Å²) >= 11 is 1.69. The van der Waals surface area contributed by atoms with E-state index in [-0.39, 0.29) is 12.1 Å². The third-order valence-corrected chi connectivity index (χ3v) is 5.28. The Bertz CT molecular complexity index is 693. The number of urea groups is 1. The van der Waals surface area contributed by atoms with Crippen molar-refractivity contribution in [2.45, 2.75) is 18.9 Å². The molecule has 1 aromatic heterocycles. The first-order valence-corrected chi connectivity index (χ1v) is 9.68. The summed E-state index contributed by atoms with van der Waals surface area (Å²) in [4.78, 5) is 14.8. The van der Waals surface area contributed by atoms with Gasteiger partial charge in [0.2, 0.25) is 0 Å². The second-order valence-electron chi connectivity index (χ2n) is 6.25. The van der Waals surface area contributed by atoms with Crippen molar-refractivity contribution in [1.29, 1.82) is 0 Å². The zero-order chi connectivity index (χ0) is 18.4. The fraction of sp³-hybridized carbons (Fsp3) is 0.421. The lowest BCUT2D eigenvalue weighted by atomic mass is 10.1. The highest BCUT2D eigenvalue weighted by atomic mass is 32.1. The molecule has 2 N–H and O–H groups in total. The number of nitrogens with one attached hydrogen (secondary N) is 2. The fourth-order valence-corrected chi connectivity index (χ4v) is 3.93.